The molecule has 1 aromatic rings. The molecular weight excluding hydrogens is 358 g/mol. The van der Waals surface area contributed by atoms with Gasteiger partial charge in [-0.05, 0) is 66.2 Å². The number of amides is 1. The molecule has 0 heterocycles. The van der Waals surface area contributed by atoms with Crippen LogP contribution < -0.4 is 10.1 Å². The van der Waals surface area contributed by atoms with Crippen LogP contribution in [0.15, 0.2) is 34.3 Å². The van der Waals surface area contributed by atoms with Gasteiger partial charge in [-0.3, -0.25) is 4.79 Å². The molecule has 0 aliphatic heterocycles. The molecule has 1 aliphatic rings. The van der Waals surface area contributed by atoms with Gasteiger partial charge in [-0.1, -0.05) is 11.6 Å². The normalized spacial score (nSPS) is 14.3. The summed E-state index contributed by atoms with van der Waals surface area (Å²) in [6.07, 6.45) is 8.19. The van der Waals surface area contributed by atoms with Crippen LogP contribution in [0, 0.1) is 0 Å². The summed E-state index contributed by atoms with van der Waals surface area (Å²) in [6.45, 7) is 1.70. The van der Waals surface area contributed by atoms with Gasteiger partial charge in [0.05, 0.1) is 11.1 Å². The highest BCUT2D eigenvalue weighted by atomic mass is 79.9. The fourth-order valence-corrected chi connectivity index (χ4v) is 3.06. The molecule has 0 bridgehead atoms. The van der Waals surface area contributed by atoms with Crippen LogP contribution in [0.2, 0.25) is 0 Å². The molecule has 0 radical (unpaired) electrons. The number of ether oxygens (including phenoxy) is 2. The summed E-state index contributed by atoms with van der Waals surface area (Å²) in [5.41, 5.74) is 2.10. The molecule has 5 heteroatoms. The smallest absolute Gasteiger partial charge is 0.251 e. The molecule has 0 atom stereocenters. The van der Waals surface area contributed by atoms with E-state index in [0.29, 0.717) is 31.1 Å². The molecule has 23 heavy (non-hydrogen) atoms. The minimum atomic E-state index is -0.0504. The van der Waals surface area contributed by atoms with Crippen LogP contribution in [0.1, 0.15) is 42.5 Å². The van der Waals surface area contributed by atoms with Crippen LogP contribution in [-0.4, -0.2) is 32.8 Å². The minimum absolute atomic E-state index is 0.0504. The third-order valence-corrected chi connectivity index (χ3v) is 4.48. The fourth-order valence-electron chi connectivity index (χ4n) is 2.56. The van der Waals surface area contributed by atoms with Crippen molar-refractivity contribution in [2.24, 2.45) is 0 Å². The first-order valence-electron chi connectivity index (χ1n) is 8.08. The minimum Gasteiger partial charge on any atom is -0.490 e. The highest BCUT2D eigenvalue weighted by Gasteiger charge is 2.10. The lowest BCUT2D eigenvalue weighted by atomic mass is 9.97. The Balaban J connectivity index is 1.82. The van der Waals surface area contributed by atoms with Crippen molar-refractivity contribution in [3.8, 4) is 5.75 Å². The highest BCUT2D eigenvalue weighted by Crippen LogP contribution is 2.26. The number of carbonyl (C=O) groups is 1. The Morgan fingerprint density at radius 1 is 1.30 bits per heavy atom. The molecular formula is C18H24BrNO3. The average molecular weight is 382 g/mol. The Kier molecular flexibility index (Phi) is 7.62. The largest absolute Gasteiger partial charge is 0.490 e. The van der Waals surface area contributed by atoms with Crippen LogP contribution in [0.5, 0.6) is 5.75 Å². The van der Waals surface area contributed by atoms with Crippen molar-refractivity contribution < 1.29 is 14.3 Å². The second-order valence-electron chi connectivity index (χ2n) is 5.60. The van der Waals surface area contributed by atoms with E-state index >= 15 is 0 Å². The fraction of sp³-hybridized carbons (Fsp3) is 0.500. The van der Waals surface area contributed by atoms with E-state index in [-0.39, 0.29) is 5.91 Å². The van der Waals surface area contributed by atoms with Gasteiger partial charge in [0.1, 0.15) is 12.4 Å². The zero-order valence-corrected chi connectivity index (χ0v) is 15.2. The van der Waals surface area contributed by atoms with Crippen LogP contribution >= 0.6 is 15.9 Å². The quantitative estimate of drug-likeness (QED) is 0.544. The summed E-state index contributed by atoms with van der Waals surface area (Å²) >= 11 is 3.44. The zero-order valence-electron chi connectivity index (χ0n) is 13.6. The van der Waals surface area contributed by atoms with E-state index in [2.05, 4.69) is 27.3 Å². The molecule has 126 valence electrons. The van der Waals surface area contributed by atoms with Gasteiger partial charge in [0.25, 0.3) is 5.91 Å². The third kappa shape index (κ3) is 5.99. The molecule has 0 fully saturated rings. The lowest BCUT2D eigenvalue weighted by molar-refractivity contribution is 0.0954. The second-order valence-corrected chi connectivity index (χ2v) is 6.45. The molecule has 2 rings (SSSR count). The summed E-state index contributed by atoms with van der Waals surface area (Å²) < 4.78 is 11.3. The van der Waals surface area contributed by atoms with Crippen LogP contribution in [0.4, 0.5) is 0 Å². The van der Waals surface area contributed by atoms with Gasteiger partial charge in [-0.25, -0.2) is 0 Å². The summed E-state index contributed by atoms with van der Waals surface area (Å²) in [4.78, 5) is 12.2. The van der Waals surface area contributed by atoms with E-state index in [9.17, 15) is 4.79 Å². The predicted molar refractivity (Wildman–Crippen MR) is 95.0 cm³/mol. The van der Waals surface area contributed by atoms with Gasteiger partial charge in [0.15, 0.2) is 0 Å². The van der Waals surface area contributed by atoms with Crippen LogP contribution in [-0.2, 0) is 4.74 Å². The molecule has 1 amide bonds. The zero-order chi connectivity index (χ0) is 16.5. The number of methoxy groups -OCH3 is 1. The van der Waals surface area contributed by atoms with Crippen molar-refractivity contribution >= 4 is 21.8 Å². The van der Waals surface area contributed by atoms with Crippen molar-refractivity contribution in [2.45, 2.75) is 32.1 Å². The molecule has 0 unspecified atom stereocenters. The number of halogens is 1. The number of nitrogens with one attached hydrogen (secondary N) is 1. The Morgan fingerprint density at radius 2 is 2.17 bits per heavy atom. The van der Waals surface area contributed by atoms with Crippen molar-refractivity contribution in [3.63, 3.8) is 0 Å². The Bertz CT molecular complexity index is 557. The van der Waals surface area contributed by atoms with Gasteiger partial charge in [-0.2, -0.15) is 0 Å². The summed E-state index contributed by atoms with van der Waals surface area (Å²) in [5.74, 6) is 0.663. The average Bonchev–Trinajstić information content (AvgIpc) is 2.57. The molecule has 0 saturated carbocycles. The summed E-state index contributed by atoms with van der Waals surface area (Å²) in [7, 11) is 1.63. The van der Waals surface area contributed by atoms with Gasteiger partial charge in [0, 0.05) is 19.2 Å². The van der Waals surface area contributed by atoms with E-state index in [1.54, 1.807) is 25.3 Å². The lowest BCUT2D eigenvalue weighted by Crippen LogP contribution is -2.24. The topological polar surface area (TPSA) is 47.6 Å². The molecule has 0 spiro atoms. The van der Waals surface area contributed by atoms with Gasteiger partial charge < -0.3 is 14.8 Å². The monoisotopic (exact) mass is 381 g/mol. The summed E-state index contributed by atoms with van der Waals surface area (Å²) in [6, 6.07) is 5.37. The van der Waals surface area contributed by atoms with E-state index in [1.807, 2.05) is 0 Å². The molecule has 1 aliphatic carbocycles. The van der Waals surface area contributed by atoms with Crippen LogP contribution in [0.3, 0.4) is 0 Å². The SMILES string of the molecule is COCCOc1ccc(C(=O)NCCC2=CCCCC2)cc1Br. The molecule has 1 aromatic carbocycles. The lowest BCUT2D eigenvalue weighted by Gasteiger charge is -2.13. The van der Waals surface area contributed by atoms with Gasteiger partial charge in [-0.15, -0.1) is 0 Å². The standard InChI is InChI=1S/C18H24BrNO3/c1-22-11-12-23-17-8-7-15(13-16(17)19)18(21)20-10-9-14-5-3-2-4-6-14/h5,7-8,13H,2-4,6,9-12H2,1H3,(H,20,21). The van der Waals surface area contributed by atoms with Crippen molar-refractivity contribution in [3.05, 3.63) is 39.9 Å². The van der Waals surface area contributed by atoms with Crippen molar-refractivity contribution in [1.82, 2.24) is 5.32 Å². The number of rotatable bonds is 8. The van der Waals surface area contributed by atoms with E-state index in [4.69, 9.17) is 9.47 Å². The number of hydrogen-bond acceptors (Lipinski definition) is 3. The van der Waals surface area contributed by atoms with Gasteiger partial charge in [0.2, 0.25) is 0 Å². The third-order valence-electron chi connectivity index (χ3n) is 3.86. The highest BCUT2D eigenvalue weighted by molar-refractivity contribution is 9.10. The summed E-state index contributed by atoms with van der Waals surface area (Å²) in [5, 5.41) is 2.98. The Labute approximate surface area is 146 Å². The number of hydrogen-bond donors (Lipinski definition) is 1. The van der Waals surface area contributed by atoms with Crippen LogP contribution in [0.25, 0.3) is 0 Å². The maximum absolute atomic E-state index is 12.2. The molecule has 1 N–H and O–H groups in total. The number of allylic oxidation sites excluding steroid dienone is 1. The maximum atomic E-state index is 12.2. The van der Waals surface area contributed by atoms with E-state index in [0.717, 1.165) is 10.9 Å². The first-order chi connectivity index (χ1) is 11.2. The predicted octanol–water partition coefficient (Wildman–Crippen LogP) is 4.09. The van der Waals surface area contributed by atoms with E-state index in [1.165, 1.54) is 31.3 Å². The van der Waals surface area contributed by atoms with E-state index < -0.39 is 0 Å². The molecule has 0 saturated heterocycles. The first kappa shape index (κ1) is 18.0. The van der Waals surface area contributed by atoms with Crippen molar-refractivity contribution in [1.29, 1.82) is 0 Å². The Morgan fingerprint density at radius 3 is 2.87 bits per heavy atom. The van der Waals surface area contributed by atoms with Crippen molar-refractivity contribution in [2.75, 3.05) is 26.9 Å². The number of carbonyl (C=O) groups excluding carboxylic acids is 1. The Hall–Kier alpha value is -1.33. The molecule has 0 aromatic heterocycles. The maximum Gasteiger partial charge on any atom is 0.251 e. The number of benzene rings is 1. The molecule has 4 nitrogen and oxygen atoms in total. The second kappa shape index (κ2) is 9.73. The van der Waals surface area contributed by atoms with Gasteiger partial charge >= 0.3 is 0 Å². The first-order valence-corrected chi connectivity index (χ1v) is 8.87.